The van der Waals surface area contributed by atoms with Gasteiger partial charge < -0.3 is 10.1 Å². The van der Waals surface area contributed by atoms with Gasteiger partial charge in [0.1, 0.15) is 0 Å². The van der Waals surface area contributed by atoms with E-state index in [0.29, 0.717) is 26.2 Å². The van der Waals surface area contributed by atoms with Crippen molar-refractivity contribution in [1.82, 2.24) is 20.0 Å². The number of ether oxygens (including phenoxy) is 1. The van der Waals surface area contributed by atoms with Crippen LogP contribution >= 0.6 is 15.9 Å². The molecule has 0 fully saturated rings. The third-order valence-electron chi connectivity index (χ3n) is 3.16. The SMILES string of the molecule is CCc1nn(CC)c(CN(C)CC(=O)NCCOC)c1Br. The number of methoxy groups -OCH3 is 1. The number of hydrogen-bond acceptors (Lipinski definition) is 4. The van der Waals surface area contributed by atoms with Gasteiger partial charge in [0.25, 0.3) is 0 Å². The Kier molecular flexibility index (Phi) is 7.92. The standard InChI is InChI=1S/C14H25BrN4O2/c1-5-11-14(15)12(19(6-2)17-11)9-18(3)10-13(20)16-7-8-21-4/h5-10H2,1-4H3,(H,16,20). The molecule has 0 aliphatic rings. The summed E-state index contributed by atoms with van der Waals surface area (Å²) in [6.45, 7) is 7.08. The quantitative estimate of drug-likeness (QED) is 0.676. The van der Waals surface area contributed by atoms with Crippen LogP contribution in [0, 0.1) is 0 Å². The molecule has 0 aliphatic carbocycles. The second-order valence-corrected chi connectivity index (χ2v) is 5.68. The molecule has 1 heterocycles. The molecule has 7 heteroatoms. The van der Waals surface area contributed by atoms with Crippen LogP contribution in [-0.4, -0.2) is 54.4 Å². The molecule has 1 aromatic heterocycles. The van der Waals surface area contributed by atoms with Crippen LogP contribution in [0.2, 0.25) is 0 Å². The van der Waals surface area contributed by atoms with E-state index in [1.54, 1.807) is 7.11 Å². The minimum atomic E-state index is 0.00366. The number of hydrogen-bond donors (Lipinski definition) is 1. The molecule has 0 unspecified atom stereocenters. The molecule has 21 heavy (non-hydrogen) atoms. The highest BCUT2D eigenvalue weighted by Gasteiger charge is 2.16. The van der Waals surface area contributed by atoms with Crippen LogP contribution in [0.5, 0.6) is 0 Å². The predicted molar refractivity (Wildman–Crippen MR) is 86.2 cm³/mol. The molecule has 1 aromatic rings. The molecule has 0 atom stereocenters. The van der Waals surface area contributed by atoms with Gasteiger partial charge in [-0.15, -0.1) is 0 Å². The first-order chi connectivity index (χ1) is 10.0. The van der Waals surface area contributed by atoms with Gasteiger partial charge in [0.15, 0.2) is 0 Å². The Morgan fingerprint density at radius 2 is 2.19 bits per heavy atom. The van der Waals surface area contributed by atoms with E-state index in [9.17, 15) is 4.79 Å². The highest BCUT2D eigenvalue weighted by Crippen LogP contribution is 2.23. The molecule has 0 aliphatic heterocycles. The van der Waals surface area contributed by atoms with E-state index in [0.717, 1.165) is 28.8 Å². The molecule has 120 valence electrons. The average Bonchev–Trinajstić information content (AvgIpc) is 2.75. The van der Waals surface area contributed by atoms with Crippen molar-refractivity contribution in [1.29, 1.82) is 0 Å². The fraction of sp³-hybridized carbons (Fsp3) is 0.714. The molecule has 0 spiro atoms. The molecule has 0 aromatic carbocycles. The van der Waals surface area contributed by atoms with Crippen LogP contribution in [0.4, 0.5) is 0 Å². The van der Waals surface area contributed by atoms with E-state index in [4.69, 9.17) is 4.74 Å². The molecule has 0 radical (unpaired) electrons. The zero-order valence-electron chi connectivity index (χ0n) is 13.3. The summed E-state index contributed by atoms with van der Waals surface area (Å²) in [7, 11) is 3.55. The Morgan fingerprint density at radius 3 is 2.76 bits per heavy atom. The van der Waals surface area contributed by atoms with Crippen LogP contribution in [0.25, 0.3) is 0 Å². The molecular weight excluding hydrogens is 336 g/mol. The number of carbonyl (C=O) groups excluding carboxylic acids is 1. The first-order valence-corrected chi connectivity index (χ1v) is 8.00. The summed E-state index contributed by atoms with van der Waals surface area (Å²) in [5.41, 5.74) is 2.17. The van der Waals surface area contributed by atoms with Gasteiger partial charge in [-0.1, -0.05) is 6.92 Å². The van der Waals surface area contributed by atoms with Gasteiger partial charge in [0, 0.05) is 26.7 Å². The van der Waals surface area contributed by atoms with E-state index in [-0.39, 0.29) is 5.91 Å². The Bertz CT molecular complexity index is 462. The topological polar surface area (TPSA) is 59.4 Å². The number of aromatic nitrogens is 2. The van der Waals surface area contributed by atoms with Gasteiger partial charge in [-0.3, -0.25) is 14.4 Å². The number of rotatable bonds is 9. The van der Waals surface area contributed by atoms with Gasteiger partial charge in [0.05, 0.1) is 29.0 Å². The maximum absolute atomic E-state index is 11.8. The summed E-state index contributed by atoms with van der Waals surface area (Å²) in [5, 5.41) is 7.39. The lowest BCUT2D eigenvalue weighted by molar-refractivity contribution is -0.122. The number of amides is 1. The second-order valence-electron chi connectivity index (χ2n) is 4.89. The number of carbonyl (C=O) groups is 1. The molecule has 1 N–H and O–H groups in total. The lowest BCUT2D eigenvalue weighted by Crippen LogP contribution is -2.36. The van der Waals surface area contributed by atoms with Crippen LogP contribution in [0.3, 0.4) is 0 Å². The molecule has 6 nitrogen and oxygen atoms in total. The third-order valence-corrected chi connectivity index (χ3v) is 4.07. The minimum absolute atomic E-state index is 0.00366. The summed E-state index contributed by atoms with van der Waals surface area (Å²) < 4.78 is 7.95. The fourth-order valence-corrected chi connectivity index (χ4v) is 2.76. The van der Waals surface area contributed by atoms with Crippen molar-refractivity contribution in [2.75, 3.05) is 33.9 Å². The van der Waals surface area contributed by atoms with Crippen molar-refractivity contribution in [2.45, 2.75) is 33.4 Å². The lowest BCUT2D eigenvalue weighted by atomic mass is 10.3. The van der Waals surface area contributed by atoms with Gasteiger partial charge in [-0.2, -0.15) is 5.10 Å². The van der Waals surface area contributed by atoms with Gasteiger partial charge in [-0.25, -0.2) is 0 Å². The zero-order chi connectivity index (χ0) is 15.8. The molecular formula is C14H25BrN4O2. The second kappa shape index (κ2) is 9.17. The molecule has 0 saturated carbocycles. The van der Waals surface area contributed by atoms with E-state index < -0.39 is 0 Å². The van der Waals surface area contributed by atoms with Crippen molar-refractivity contribution < 1.29 is 9.53 Å². The highest BCUT2D eigenvalue weighted by molar-refractivity contribution is 9.10. The first kappa shape index (κ1) is 18.1. The van der Waals surface area contributed by atoms with Crippen molar-refractivity contribution in [3.05, 3.63) is 15.9 Å². The molecule has 0 bridgehead atoms. The van der Waals surface area contributed by atoms with Gasteiger partial charge in [-0.05, 0) is 36.3 Å². The Morgan fingerprint density at radius 1 is 1.48 bits per heavy atom. The summed E-state index contributed by atoms with van der Waals surface area (Å²) in [5.74, 6) is 0.00366. The molecule has 0 saturated heterocycles. The fourth-order valence-electron chi connectivity index (χ4n) is 2.07. The first-order valence-electron chi connectivity index (χ1n) is 7.21. The number of nitrogens with one attached hydrogen (secondary N) is 1. The normalized spacial score (nSPS) is 11.1. The zero-order valence-corrected chi connectivity index (χ0v) is 14.9. The largest absolute Gasteiger partial charge is 0.383 e. The minimum Gasteiger partial charge on any atom is -0.383 e. The monoisotopic (exact) mass is 360 g/mol. The summed E-state index contributed by atoms with van der Waals surface area (Å²) in [6.07, 6.45) is 0.891. The van der Waals surface area contributed by atoms with Crippen molar-refractivity contribution >= 4 is 21.8 Å². The lowest BCUT2D eigenvalue weighted by Gasteiger charge is -2.17. The van der Waals surface area contributed by atoms with Crippen molar-refractivity contribution in [3.8, 4) is 0 Å². The summed E-state index contributed by atoms with van der Waals surface area (Å²) in [4.78, 5) is 13.8. The molecule has 1 rings (SSSR count). The summed E-state index contributed by atoms with van der Waals surface area (Å²) >= 11 is 3.62. The Balaban J connectivity index is 2.60. The van der Waals surface area contributed by atoms with Crippen LogP contribution in [0.15, 0.2) is 4.47 Å². The highest BCUT2D eigenvalue weighted by atomic mass is 79.9. The smallest absolute Gasteiger partial charge is 0.234 e. The van der Waals surface area contributed by atoms with Crippen LogP contribution in [0.1, 0.15) is 25.2 Å². The van der Waals surface area contributed by atoms with E-state index >= 15 is 0 Å². The summed E-state index contributed by atoms with van der Waals surface area (Å²) in [6, 6.07) is 0. The number of halogens is 1. The van der Waals surface area contributed by atoms with Gasteiger partial charge >= 0.3 is 0 Å². The number of nitrogens with zero attached hydrogens (tertiary/aromatic N) is 3. The predicted octanol–water partition coefficient (Wildman–Crippen LogP) is 1.42. The van der Waals surface area contributed by atoms with E-state index in [2.05, 4.69) is 40.2 Å². The van der Waals surface area contributed by atoms with Crippen LogP contribution in [-0.2, 0) is 29.0 Å². The maximum atomic E-state index is 11.8. The third kappa shape index (κ3) is 5.41. The molecule has 1 amide bonds. The van der Waals surface area contributed by atoms with Crippen molar-refractivity contribution in [2.24, 2.45) is 0 Å². The van der Waals surface area contributed by atoms with E-state index in [1.165, 1.54) is 0 Å². The average molecular weight is 361 g/mol. The number of aryl methyl sites for hydroxylation is 2. The number of likely N-dealkylation sites (N-methyl/N-ethyl adjacent to an activating group) is 1. The maximum Gasteiger partial charge on any atom is 0.234 e. The Labute approximate surface area is 135 Å². The van der Waals surface area contributed by atoms with Crippen LogP contribution < -0.4 is 5.32 Å². The van der Waals surface area contributed by atoms with Gasteiger partial charge in [0.2, 0.25) is 5.91 Å². The van der Waals surface area contributed by atoms with Crippen molar-refractivity contribution in [3.63, 3.8) is 0 Å². The Hall–Kier alpha value is -0.920. The van der Waals surface area contributed by atoms with E-state index in [1.807, 2.05) is 16.6 Å².